The SMILES string of the molecule is Clc1ccc(CC2C[C@H]3CC[C@@H](C2)C3)nn1. The Kier molecular flexibility index (Phi) is 2.84. The van der Waals surface area contributed by atoms with E-state index in [4.69, 9.17) is 11.6 Å². The first-order valence-electron chi connectivity index (χ1n) is 6.27. The highest BCUT2D eigenvalue weighted by Gasteiger charge is 2.33. The third-order valence-electron chi connectivity index (χ3n) is 4.17. The van der Waals surface area contributed by atoms with Crippen LogP contribution in [0, 0.1) is 17.8 Å². The zero-order chi connectivity index (χ0) is 11.0. The molecular formula is C13H17ClN2. The van der Waals surface area contributed by atoms with E-state index in [-0.39, 0.29) is 0 Å². The summed E-state index contributed by atoms with van der Waals surface area (Å²) >= 11 is 5.74. The fourth-order valence-electron chi connectivity index (χ4n) is 3.56. The van der Waals surface area contributed by atoms with Gasteiger partial charge in [0.05, 0.1) is 5.69 Å². The number of halogens is 1. The molecule has 1 heterocycles. The van der Waals surface area contributed by atoms with Crippen molar-refractivity contribution in [3.05, 3.63) is 23.0 Å². The first-order valence-corrected chi connectivity index (χ1v) is 6.65. The Balaban J connectivity index is 1.64. The molecule has 3 rings (SSSR count). The minimum Gasteiger partial charge on any atom is -0.154 e. The van der Waals surface area contributed by atoms with Crippen molar-refractivity contribution < 1.29 is 0 Å². The molecule has 2 fully saturated rings. The summed E-state index contributed by atoms with van der Waals surface area (Å²) in [4.78, 5) is 0. The van der Waals surface area contributed by atoms with Crippen molar-refractivity contribution >= 4 is 11.6 Å². The third-order valence-corrected chi connectivity index (χ3v) is 4.37. The van der Waals surface area contributed by atoms with E-state index in [1.165, 1.54) is 32.1 Å². The van der Waals surface area contributed by atoms with E-state index in [1.807, 2.05) is 12.1 Å². The Morgan fingerprint density at radius 2 is 1.81 bits per heavy atom. The van der Waals surface area contributed by atoms with Crippen molar-refractivity contribution in [1.82, 2.24) is 10.2 Å². The molecule has 16 heavy (non-hydrogen) atoms. The second kappa shape index (κ2) is 4.33. The molecule has 0 N–H and O–H groups in total. The summed E-state index contributed by atoms with van der Waals surface area (Å²) in [5, 5.41) is 8.57. The van der Waals surface area contributed by atoms with E-state index in [0.717, 1.165) is 29.9 Å². The average Bonchev–Trinajstić information content (AvgIpc) is 2.62. The molecule has 2 saturated carbocycles. The van der Waals surface area contributed by atoms with Crippen LogP contribution in [-0.2, 0) is 6.42 Å². The number of hydrogen-bond donors (Lipinski definition) is 0. The zero-order valence-electron chi connectivity index (χ0n) is 9.40. The van der Waals surface area contributed by atoms with E-state index >= 15 is 0 Å². The highest BCUT2D eigenvalue weighted by molar-refractivity contribution is 6.29. The molecule has 2 aliphatic carbocycles. The van der Waals surface area contributed by atoms with Crippen LogP contribution in [0.15, 0.2) is 12.1 Å². The number of aromatic nitrogens is 2. The van der Waals surface area contributed by atoms with Crippen molar-refractivity contribution in [2.45, 2.75) is 38.5 Å². The Labute approximate surface area is 101 Å². The van der Waals surface area contributed by atoms with Crippen molar-refractivity contribution in [3.63, 3.8) is 0 Å². The predicted molar refractivity (Wildman–Crippen MR) is 64.3 cm³/mol. The molecule has 3 heteroatoms. The van der Waals surface area contributed by atoms with Crippen molar-refractivity contribution in [2.75, 3.05) is 0 Å². The summed E-state index contributed by atoms with van der Waals surface area (Å²) in [6, 6.07) is 3.87. The maximum Gasteiger partial charge on any atom is 0.151 e. The Bertz CT molecular complexity index is 351. The molecule has 0 radical (unpaired) electrons. The molecule has 2 bridgehead atoms. The van der Waals surface area contributed by atoms with Crippen LogP contribution in [0.5, 0.6) is 0 Å². The van der Waals surface area contributed by atoms with Gasteiger partial charge in [0.25, 0.3) is 0 Å². The summed E-state index contributed by atoms with van der Waals surface area (Å²) < 4.78 is 0. The van der Waals surface area contributed by atoms with Gasteiger partial charge in [-0.3, -0.25) is 0 Å². The highest BCUT2D eigenvalue weighted by atomic mass is 35.5. The summed E-state index contributed by atoms with van der Waals surface area (Å²) in [6.07, 6.45) is 8.32. The molecule has 0 amide bonds. The molecule has 1 unspecified atom stereocenters. The van der Waals surface area contributed by atoms with Gasteiger partial charge in [0, 0.05) is 0 Å². The van der Waals surface area contributed by atoms with Crippen LogP contribution in [0.2, 0.25) is 5.15 Å². The first-order chi connectivity index (χ1) is 7.79. The van der Waals surface area contributed by atoms with Crippen molar-refractivity contribution in [1.29, 1.82) is 0 Å². The second-order valence-electron chi connectivity index (χ2n) is 5.43. The molecule has 0 saturated heterocycles. The number of hydrogen-bond acceptors (Lipinski definition) is 2. The van der Waals surface area contributed by atoms with Crippen LogP contribution in [0.1, 0.15) is 37.8 Å². The van der Waals surface area contributed by atoms with Gasteiger partial charge in [0.2, 0.25) is 0 Å². The fraction of sp³-hybridized carbons (Fsp3) is 0.692. The number of rotatable bonds is 2. The molecule has 1 aromatic rings. The zero-order valence-corrected chi connectivity index (χ0v) is 10.2. The molecule has 2 nitrogen and oxygen atoms in total. The van der Waals surface area contributed by atoms with Gasteiger partial charge in [0.15, 0.2) is 5.15 Å². The van der Waals surface area contributed by atoms with E-state index in [2.05, 4.69) is 10.2 Å². The van der Waals surface area contributed by atoms with E-state index in [1.54, 1.807) is 0 Å². The fourth-order valence-corrected chi connectivity index (χ4v) is 3.66. The van der Waals surface area contributed by atoms with Gasteiger partial charge in [-0.2, -0.15) is 5.10 Å². The molecule has 1 aromatic heterocycles. The monoisotopic (exact) mass is 236 g/mol. The van der Waals surface area contributed by atoms with Crippen LogP contribution in [0.4, 0.5) is 0 Å². The quantitative estimate of drug-likeness (QED) is 0.786. The molecule has 0 aliphatic heterocycles. The maximum atomic E-state index is 5.74. The Morgan fingerprint density at radius 3 is 2.44 bits per heavy atom. The minimum atomic E-state index is 0.493. The van der Waals surface area contributed by atoms with Crippen LogP contribution < -0.4 is 0 Å². The van der Waals surface area contributed by atoms with Gasteiger partial charge in [-0.25, -0.2) is 0 Å². The third kappa shape index (κ3) is 2.22. The predicted octanol–water partition coefficient (Wildman–Crippen LogP) is 3.50. The second-order valence-corrected chi connectivity index (χ2v) is 5.82. The lowest BCUT2D eigenvalue weighted by Crippen LogP contribution is -2.18. The normalized spacial score (nSPS) is 32.9. The summed E-state index contributed by atoms with van der Waals surface area (Å²) in [7, 11) is 0. The topological polar surface area (TPSA) is 25.8 Å². The molecule has 86 valence electrons. The van der Waals surface area contributed by atoms with Gasteiger partial charge in [-0.1, -0.05) is 24.4 Å². The highest BCUT2D eigenvalue weighted by Crippen LogP contribution is 2.45. The molecule has 0 aromatic carbocycles. The molecule has 3 atom stereocenters. The van der Waals surface area contributed by atoms with E-state index in [9.17, 15) is 0 Å². The van der Waals surface area contributed by atoms with Crippen LogP contribution in [-0.4, -0.2) is 10.2 Å². The van der Waals surface area contributed by atoms with Gasteiger partial charge in [-0.05, 0) is 55.6 Å². The lowest BCUT2D eigenvalue weighted by molar-refractivity contribution is 0.258. The Morgan fingerprint density at radius 1 is 1.06 bits per heavy atom. The van der Waals surface area contributed by atoms with Gasteiger partial charge in [-0.15, -0.1) is 5.10 Å². The van der Waals surface area contributed by atoms with Gasteiger partial charge >= 0.3 is 0 Å². The smallest absolute Gasteiger partial charge is 0.151 e. The lowest BCUT2D eigenvalue weighted by Gasteiger charge is -2.27. The van der Waals surface area contributed by atoms with Crippen LogP contribution >= 0.6 is 11.6 Å². The molecule has 0 spiro atoms. The largest absolute Gasteiger partial charge is 0.154 e. The first kappa shape index (κ1) is 10.5. The molecule has 2 aliphatic rings. The van der Waals surface area contributed by atoms with Gasteiger partial charge < -0.3 is 0 Å². The van der Waals surface area contributed by atoms with E-state index < -0.39 is 0 Å². The number of nitrogens with zero attached hydrogens (tertiary/aromatic N) is 2. The lowest BCUT2D eigenvalue weighted by atomic mass is 9.79. The van der Waals surface area contributed by atoms with Crippen LogP contribution in [0.3, 0.4) is 0 Å². The summed E-state index contributed by atoms with van der Waals surface area (Å²) in [5.41, 5.74) is 1.11. The van der Waals surface area contributed by atoms with Crippen LogP contribution in [0.25, 0.3) is 0 Å². The van der Waals surface area contributed by atoms with Crippen molar-refractivity contribution in [3.8, 4) is 0 Å². The maximum absolute atomic E-state index is 5.74. The number of fused-ring (bicyclic) bond motifs is 2. The average molecular weight is 237 g/mol. The standard InChI is InChI=1S/C13H17ClN2/c14-13-4-3-12(15-16-13)8-11-6-9-1-2-10(5-9)7-11/h3-4,9-11H,1-2,5-8H2/t9-,10+,11?. The van der Waals surface area contributed by atoms with E-state index in [0.29, 0.717) is 5.15 Å². The van der Waals surface area contributed by atoms with Gasteiger partial charge in [0.1, 0.15) is 0 Å². The minimum absolute atomic E-state index is 0.493. The Hall–Kier alpha value is -0.630. The van der Waals surface area contributed by atoms with Crippen molar-refractivity contribution in [2.24, 2.45) is 17.8 Å². The molecular weight excluding hydrogens is 220 g/mol. The summed E-state index contributed by atoms with van der Waals surface area (Å²) in [6.45, 7) is 0. The summed E-state index contributed by atoms with van der Waals surface area (Å²) in [5.74, 6) is 2.84.